The Labute approximate surface area is 148 Å². The van der Waals surface area contributed by atoms with Crippen molar-refractivity contribution in [2.75, 3.05) is 20.8 Å². The molecule has 1 unspecified atom stereocenters. The summed E-state index contributed by atoms with van der Waals surface area (Å²) in [6.45, 7) is 0.397. The van der Waals surface area contributed by atoms with Crippen molar-refractivity contribution in [3.63, 3.8) is 0 Å². The van der Waals surface area contributed by atoms with Gasteiger partial charge < -0.3 is 25.1 Å². The molecule has 24 heavy (non-hydrogen) atoms. The van der Waals surface area contributed by atoms with Crippen LogP contribution in [-0.4, -0.2) is 32.0 Å². The first kappa shape index (κ1) is 20.1. The Morgan fingerprint density at radius 3 is 2.21 bits per heavy atom. The number of benzene rings is 2. The van der Waals surface area contributed by atoms with Gasteiger partial charge in [-0.05, 0) is 41.8 Å². The summed E-state index contributed by atoms with van der Waals surface area (Å²) >= 11 is 0. The summed E-state index contributed by atoms with van der Waals surface area (Å²) in [6.07, 6.45) is 0.589. The van der Waals surface area contributed by atoms with Gasteiger partial charge in [-0.15, -0.1) is 12.4 Å². The molecule has 0 fully saturated rings. The summed E-state index contributed by atoms with van der Waals surface area (Å²) in [5.41, 5.74) is 7.80. The van der Waals surface area contributed by atoms with Crippen molar-refractivity contribution in [3.8, 4) is 17.2 Å². The molecular weight excluding hydrogens is 330 g/mol. The summed E-state index contributed by atoms with van der Waals surface area (Å²) in [5, 5.41) is 9.03. The van der Waals surface area contributed by atoms with Gasteiger partial charge in [-0.25, -0.2) is 0 Å². The standard InChI is InChI=1S/C18H23NO4.ClH/c1-21-16-6-3-13(4-7-16)12-23-17-8-5-14(9-15(19)11-20)10-18(17)22-2;/h3-8,10,15,20H,9,11-12,19H2,1-2H3;1H. The average Bonchev–Trinajstić information content (AvgIpc) is 2.60. The number of hydrogen-bond donors (Lipinski definition) is 2. The maximum Gasteiger partial charge on any atom is 0.161 e. The van der Waals surface area contributed by atoms with Gasteiger partial charge in [0.2, 0.25) is 0 Å². The molecule has 5 nitrogen and oxygen atoms in total. The number of aliphatic hydroxyl groups is 1. The molecule has 1 atom stereocenters. The monoisotopic (exact) mass is 353 g/mol. The molecule has 0 aliphatic carbocycles. The number of aliphatic hydroxyl groups excluding tert-OH is 1. The third-order valence-corrected chi connectivity index (χ3v) is 3.51. The van der Waals surface area contributed by atoms with E-state index in [1.54, 1.807) is 14.2 Å². The minimum Gasteiger partial charge on any atom is -0.497 e. The van der Waals surface area contributed by atoms with Crippen LogP contribution in [0, 0.1) is 0 Å². The van der Waals surface area contributed by atoms with Crippen molar-refractivity contribution in [2.24, 2.45) is 5.73 Å². The zero-order valence-corrected chi connectivity index (χ0v) is 14.7. The smallest absolute Gasteiger partial charge is 0.161 e. The van der Waals surface area contributed by atoms with Crippen LogP contribution in [-0.2, 0) is 13.0 Å². The fraction of sp³-hybridized carbons (Fsp3) is 0.333. The molecule has 2 aromatic rings. The van der Waals surface area contributed by atoms with E-state index in [1.165, 1.54) is 0 Å². The number of rotatable bonds is 8. The molecule has 0 radical (unpaired) electrons. The number of ether oxygens (including phenoxy) is 3. The highest BCUT2D eigenvalue weighted by atomic mass is 35.5. The number of nitrogens with two attached hydrogens (primary N) is 1. The van der Waals surface area contributed by atoms with Crippen molar-refractivity contribution in [2.45, 2.75) is 19.1 Å². The van der Waals surface area contributed by atoms with Gasteiger partial charge in [0.25, 0.3) is 0 Å². The lowest BCUT2D eigenvalue weighted by molar-refractivity contribution is 0.265. The Balaban J connectivity index is 0.00000288. The lowest BCUT2D eigenvalue weighted by Crippen LogP contribution is -2.26. The van der Waals surface area contributed by atoms with E-state index < -0.39 is 0 Å². The highest BCUT2D eigenvalue weighted by Gasteiger charge is 2.09. The summed E-state index contributed by atoms with van der Waals surface area (Å²) in [4.78, 5) is 0. The Bertz CT molecular complexity index is 619. The summed E-state index contributed by atoms with van der Waals surface area (Å²) in [5.74, 6) is 2.14. The first-order valence-electron chi connectivity index (χ1n) is 7.45. The van der Waals surface area contributed by atoms with Crippen LogP contribution in [0.2, 0.25) is 0 Å². The molecule has 2 rings (SSSR count). The highest BCUT2D eigenvalue weighted by molar-refractivity contribution is 5.85. The van der Waals surface area contributed by atoms with E-state index >= 15 is 0 Å². The molecule has 0 saturated heterocycles. The van der Waals surface area contributed by atoms with Gasteiger partial charge in [-0.1, -0.05) is 18.2 Å². The third kappa shape index (κ3) is 5.60. The molecule has 0 saturated carbocycles. The van der Waals surface area contributed by atoms with E-state index in [4.69, 9.17) is 25.1 Å². The maximum absolute atomic E-state index is 9.03. The molecule has 0 heterocycles. The Morgan fingerprint density at radius 1 is 0.958 bits per heavy atom. The Kier molecular flexibility index (Phi) is 8.40. The molecule has 6 heteroatoms. The first-order valence-corrected chi connectivity index (χ1v) is 7.45. The van der Waals surface area contributed by atoms with Crippen LogP contribution in [0.1, 0.15) is 11.1 Å². The fourth-order valence-corrected chi connectivity index (χ4v) is 2.21. The lowest BCUT2D eigenvalue weighted by atomic mass is 10.1. The van der Waals surface area contributed by atoms with Gasteiger partial charge in [0, 0.05) is 6.04 Å². The lowest BCUT2D eigenvalue weighted by Gasteiger charge is -2.14. The van der Waals surface area contributed by atoms with Crippen molar-refractivity contribution in [1.29, 1.82) is 0 Å². The van der Waals surface area contributed by atoms with Gasteiger partial charge in [0.15, 0.2) is 11.5 Å². The molecular formula is C18H24ClNO4. The number of methoxy groups -OCH3 is 2. The van der Waals surface area contributed by atoms with E-state index in [-0.39, 0.29) is 25.1 Å². The van der Waals surface area contributed by atoms with Crippen LogP contribution in [0.25, 0.3) is 0 Å². The molecule has 0 amide bonds. The first-order chi connectivity index (χ1) is 11.2. The zero-order chi connectivity index (χ0) is 16.7. The predicted octanol–water partition coefficient (Wildman–Crippen LogP) is 2.57. The van der Waals surface area contributed by atoms with Crippen LogP contribution in [0.3, 0.4) is 0 Å². The average molecular weight is 354 g/mol. The SMILES string of the molecule is COc1ccc(COc2ccc(CC(N)CO)cc2OC)cc1.Cl. The second-order valence-electron chi connectivity index (χ2n) is 5.27. The van der Waals surface area contributed by atoms with Crippen LogP contribution in [0.15, 0.2) is 42.5 Å². The molecule has 2 aromatic carbocycles. The third-order valence-electron chi connectivity index (χ3n) is 3.51. The summed E-state index contributed by atoms with van der Waals surface area (Å²) < 4.78 is 16.3. The van der Waals surface area contributed by atoms with E-state index in [1.807, 2.05) is 42.5 Å². The van der Waals surface area contributed by atoms with E-state index in [2.05, 4.69) is 0 Å². The second kappa shape index (κ2) is 10.0. The minimum absolute atomic E-state index is 0. The van der Waals surface area contributed by atoms with E-state index in [9.17, 15) is 0 Å². The highest BCUT2D eigenvalue weighted by Crippen LogP contribution is 2.29. The normalized spacial score (nSPS) is 11.3. The number of halogens is 1. The maximum atomic E-state index is 9.03. The molecule has 0 aliphatic heterocycles. The van der Waals surface area contributed by atoms with E-state index in [0.717, 1.165) is 16.9 Å². The quantitative estimate of drug-likeness (QED) is 0.763. The van der Waals surface area contributed by atoms with Crippen molar-refractivity contribution in [3.05, 3.63) is 53.6 Å². The van der Waals surface area contributed by atoms with Gasteiger partial charge in [-0.3, -0.25) is 0 Å². The molecule has 0 aliphatic rings. The summed E-state index contributed by atoms with van der Waals surface area (Å²) in [6, 6.07) is 13.1. The predicted molar refractivity (Wildman–Crippen MR) is 96.3 cm³/mol. The molecule has 0 bridgehead atoms. The van der Waals surface area contributed by atoms with Crippen LogP contribution < -0.4 is 19.9 Å². The zero-order valence-electron chi connectivity index (χ0n) is 13.9. The molecule has 0 spiro atoms. The van der Waals surface area contributed by atoms with Crippen LogP contribution >= 0.6 is 12.4 Å². The largest absolute Gasteiger partial charge is 0.497 e. The summed E-state index contributed by atoms with van der Waals surface area (Å²) in [7, 11) is 3.24. The molecule has 132 valence electrons. The Morgan fingerprint density at radius 2 is 1.62 bits per heavy atom. The van der Waals surface area contributed by atoms with Gasteiger partial charge in [-0.2, -0.15) is 0 Å². The van der Waals surface area contributed by atoms with E-state index in [0.29, 0.717) is 24.5 Å². The van der Waals surface area contributed by atoms with Gasteiger partial charge in [0.1, 0.15) is 12.4 Å². The van der Waals surface area contributed by atoms with Crippen molar-refractivity contribution >= 4 is 12.4 Å². The van der Waals surface area contributed by atoms with Crippen LogP contribution in [0.4, 0.5) is 0 Å². The van der Waals surface area contributed by atoms with Gasteiger partial charge >= 0.3 is 0 Å². The van der Waals surface area contributed by atoms with Crippen molar-refractivity contribution in [1.82, 2.24) is 0 Å². The number of hydrogen-bond acceptors (Lipinski definition) is 5. The van der Waals surface area contributed by atoms with Crippen molar-refractivity contribution < 1.29 is 19.3 Å². The van der Waals surface area contributed by atoms with Crippen LogP contribution in [0.5, 0.6) is 17.2 Å². The topological polar surface area (TPSA) is 73.9 Å². The fourth-order valence-electron chi connectivity index (χ4n) is 2.21. The van der Waals surface area contributed by atoms with Gasteiger partial charge in [0.05, 0.1) is 20.8 Å². The Hall–Kier alpha value is -1.95. The molecule has 3 N–H and O–H groups in total. The molecule has 0 aromatic heterocycles. The second-order valence-corrected chi connectivity index (χ2v) is 5.27. The minimum atomic E-state index is -0.272.